The minimum Gasteiger partial charge on any atom is -0.466 e. The molecular formula is C15H18N2O5S. The summed E-state index contributed by atoms with van der Waals surface area (Å²) in [6, 6.07) is 4.63. The molecule has 0 radical (unpaired) electrons. The van der Waals surface area contributed by atoms with E-state index in [2.05, 4.69) is 4.98 Å². The molecule has 2 heterocycles. The first-order valence-electron chi connectivity index (χ1n) is 7.52. The monoisotopic (exact) mass is 338 g/mol. The van der Waals surface area contributed by atoms with Gasteiger partial charge < -0.3 is 9.15 Å². The SMILES string of the molecule is CCOC(=O)C1CCN(S(=O)(=O)c2ccc3ncoc3c2)CC1. The lowest BCUT2D eigenvalue weighted by Gasteiger charge is -2.30. The van der Waals surface area contributed by atoms with Gasteiger partial charge in [0, 0.05) is 19.2 Å². The molecule has 8 heteroatoms. The number of aromatic nitrogens is 1. The molecule has 1 aliphatic rings. The summed E-state index contributed by atoms with van der Waals surface area (Å²) < 4.78 is 37.0. The molecule has 0 N–H and O–H groups in total. The molecule has 1 aliphatic heterocycles. The fourth-order valence-electron chi connectivity index (χ4n) is 2.74. The van der Waals surface area contributed by atoms with Gasteiger partial charge in [0.2, 0.25) is 10.0 Å². The molecule has 1 aromatic carbocycles. The van der Waals surface area contributed by atoms with E-state index >= 15 is 0 Å². The average Bonchev–Trinajstić information content (AvgIpc) is 3.03. The summed E-state index contributed by atoms with van der Waals surface area (Å²) in [5, 5.41) is 0. The highest BCUT2D eigenvalue weighted by atomic mass is 32.2. The number of sulfonamides is 1. The summed E-state index contributed by atoms with van der Waals surface area (Å²) in [5.74, 6) is -0.467. The molecule has 0 saturated carbocycles. The Kier molecular flexibility index (Phi) is 4.36. The molecule has 7 nitrogen and oxygen atoms in total. The van der Waals surface area contributed by atoms with E-state index in [0.29, 0.717) is 43.6 Å². The number of piperidine rings is 1. The van der Waals surface area contributed by atoms with E-state index in [9.17, 15) is 13.2 Å². The number of hydrogen-bond acceptors (Lipinski definition) is 6. The van der Waals surface area contributed by atoms with Crippen LogP contribution in [0.15, 0.2) is 33.9 Å². The van der Waals surface area contributed by atoms with E-state index < -0.39 is 10.0 Å². The van der Waals surface area contributed by atoms with Crippen LogP contribution in [0.4, 0.5) is 0 Å². The fraction of sp³-hybridized carbons (Fsp3) is 0.467. The maximum absolute atomic E-state index is 12.7. The highest BCUT2D eigenvalue weighted by molar-refractivity contribution is 7.89. The lowest BCUT2D eigenvalue weighted by molar-refractivity contribution is -0.149. The minimum absolute atomic E-state index is 0.177. The van der Waals surface area contributed by atoms with Gasteiger partial charge >= 0.3 is 5.97 Å². The van der Waals surface area contributed by atoms with Crippen LogP contribution >= 0.6 is 0 Å². The number of benzene rings is 1. The van der Waals surface area contributed by atoms with Crippen molar-refractivity contribution in [1.82, 2.24) is 9.29 Å². The first kappa shape index (κ1) is 15.9. The van der Waals surface area contributed by atoms with Crippen molar-refractivity contribution in [3.05, 3.63) is 24.6 Å². The van der Waals surface area contributed by atoms with Gasteiger partial charge in [-0.3, -0.25) is 4.79 Å². The Morgan fingerprint density at radius 2 is 2.13 bits per heavy atom. The summed E-state index contributed by atoms with van der Waals surface area (Å²) in [7, 11) is -3.60. The Hall–Kier alpha value is -1.93. The van der Waals surface area contributed by atoms with Crippen LogP contribution in [0.3, 0.4) is 0 Å². The molecule has 124 valence electrons. The Morgan fingerprint density at radius 3 is 2.83 bits per heavy atom. The Balaban J connectivity index is 1.75. The molecule has 2 aromatic rings. The van der Waals surface area contributed by atoms with E-state index in [1.807, 2.05) is 0 Å². The van der Waals surface area contributed by atoms with Crippen LogP contribution < -0.4 is 0 Å². The normalized spacial score (nSPS) is 17.4. The van der Waals surface area contributed by atoms with Crippen molar-refractivity contribution in [3.8, 4) is 0 Å². The van der Waals surface area contributed by atoms with Crippen LogP contribution in [0.5, 0.6) is 0 Å². The molecule has 0 aliphatic carbocycles. The fourth-order valence-corrected chi connectivity index (χ4v) is 4.22. The van der Waals surface area contributed by atoms with Crippen molar-refractivity contribution in [2.45, 2.75) is 24.7 Å². The maximum Gasteiger partial charge on any atom is 0.309 e. The standard InChI is InChI=1S/C15H18N2O5S/c1-2-21-15(18)11-5-7-17(8-6-11)23(19,20)12-3-4-13-14(9-12)22-10-16-13/h3-4,9-11H,2,5-8H2,1H3. The van der Waals surface area contributed by atoms with E-state index in [0.717, 1.165) is 0 Å². The summed E-state index contributed by atoms with van der Waals surface area (Å²) in [6.45, 7) is 2.71. The topological polar surface area (TPSA) is 89.7 Å². The van der Waals surface area contributed by atoms with Gasteiger partial charge in [-0.15, -0.1) is 0 Å². The summed E-state index contributed by atoms with van der Waals surface area (Å²) in [6.07, 6.45) is 2.23. The van der Waals surface area contributed by atoms with Gasteiger partial charge in [-0.2, -0.15) is 4.31 Å². The molecular weight excluding hydrogens is 320 g/mol. The lowest BCUT2D eigenvalue weighted by atomic mass is 9.98. The highest BCUT2D eigenvalue weighted by Gasteiger charge is 2.32. The van der Waals surface area contributed by atoms with Crippen LogP contribution in [-0.2, 0) is 19.6 Å². The quantitative estimate of drug-likeness (QED) is 0.790. The van der Waals surface area contributed by atoms with Gasteiger partial charge in [-0.05, 0) is 31.9 Å². The lowest BCUT2D eigenvalue weighted by Crippen LogP contribution is -2.40. The minimum atomic E-state index is -3.60. The Bertz CT molecular complexity index is 806. The molecule has 3 rings (SSSR count). The second kappa shape index (κ2) is 6.29. The van der Waals surface area contributed by atoms with E-state index in [1.54, 1.807) is 13.0 Å². The number of ether oxygens (including phenoxy) is 1. The largest absolute Gasteiger partial charge is 0.466 e. The second-order valence-electron chi connectivity index (χ2n) is 5.41. The number of carbonyl (C=O) groups is 1. The first-order valence-corrected chi connectivity index (χ1v) is 8.96. The molecule has 0 spiro atoms. The number of oxazole rings is 1. The van der Waals surface area contributed by atoms with Gasteiger partial charge in [-0.1, -0.05) is 0 Å². The summed E-state index contributed by atoms with van der Waals surface area (Å²) in [5.41, 5.74) is 1.05. The number of esters is 1. The van der Waals surface area contributed by atoms with Crippen LogP contribution in [0.2, 0.25) is 0 Å². The predicted molar refractivity (Wildman–Crippen MR) is 82.1 cm³/mol. The molecule has 0 unspecified atom stereocenters. The van der Waals surface area contributed by atoms with Crippen molar-refractivity contribution >= 4 is 27.1 Å². The van der Waals surface area contributed by atoms with Crippen LogP contribution in [0.1, 0.15) is 19.8 Å². The molecule has 23 heavy (non-hydrogen) atoms. The first-order chi connectivity index (χ1) is 11.0. The summed E-state index contributed by atoms with van der Waals surface area (Å²) >= 11 is 0. The number of carbonyl (C=O) groups excluding carboxylic acids is 1. The van der Waals surface area contributed by atoms with E-state index in [4.69, 9.17) is 9.15 Å². The van der Waals surface area contributed by atoms with Crippen molar-refractivity contribution in [2.24, 2.45) is 5.92 Å². The smallest absolute Gasteiger partial charge is 0.309 e. The third-order valence-corrected chi connectivity index (χ3v) is 5.91. The van der Waals surface area contributed by atoms with Gasteiger partial charge in [0.15, 0.2) is 12.0 Å². The third-order valence-electron chi connectivity index (χ3n) is 4.01. The van der Waals surface area contributed by atoms with Crippen molar-refractivity contribution in [1.29, 1.82) is 0 Å². The van der Waals surface area contributed by atoms with E-state index in [1.165, 1.54) is 22.8 Å². The zero-order valence-electron chi connectivity index (χ0n) is 12.8. The number of fused-ring (bicyclic) bond motifs is 1. The van der Waals surface area contributed by atoms with E-state index in [-0.39, 0.29) is 16.8 Å². The van der Waals surface area contributed by atoms with Gasteiger partial charge in [0.05, 0.1) is 17.4 Å². The molecule has 0 amide bonds. The number of hydrogen-bond donors (Lipinski definition) is 0. The highest BCUT2D eigenvalue weighted by Crippen LogP contribution is 2.26. The van der Waals surface area contributed by atoms with Crippen LogP contribution in [0, 0.1) is 5.92 Å². The molecule has 1 fully saturated rings. The van der Waals surface area contributed by atoms with Gasteiger partial charge in [-0.25, -0.2) is 13.4 Å². The summed E-state index contributed by atoms with van der Waals surface area (Å²) in [4.78, 5) is 15.9. The second-order valence-corrected chi connectivity index (χ2v) is 7.35. The Labute approximate surface area is 134 Å². The zero-order chi connectivity index (χ0) is 16.4. The maximum atomic E-state index is 12.7. The Morgan fingerprint density at radius 1 is 1.39 bits per heavy atom. The van der Waals surface area contributed by atoms with Crippen molar-refractivity contribution < 1.29 is 22.4 Å². The van der Waals surface area contributed by atoms with Crippen molar-refractivity contribution in [2.75, 3.05) is 19.7 Å². The number of rotatable bonds is 4. The molecule has 1 aromatic heterocycles. The van der Waals surface area contributed by atoms with Gasteiger partial charge in [0.25, 0.3) is 0 Å². The number of nitrogens with zero attached hydrogens (tertiary/aromatic N) is 2. The van der Waals surface area contributed by atoms with Gasteiger partial charge in [0.1, 0.15) is 5.52 Å². The molecule has 0 bridgehead atoms. The molecule has 0 atom stereocenters. The average molecular weight is 338 g/mol. The van der Waals surface area contributed by atoms with Crippen molar-refractivity contribution in [3.63, 3.8) is 0 Å². The van der Waals surface area contributed by atoms with Crippen LogP contribution in [0.25, 0.3) is 11.1 Å². The van der Waals surface area contributed by atoms with Crippen LogP contribution in [-0.4, -0.2) is 43.4 Å². The molecule has 1 saturated heterocycles. The zero-order valence-corrected chi connectivity index (χ0v) is 13.6. The predicted octanol–water partition coefficient (Wildman–Crippen LogP) is 1.79. The third kappa shape index (κ3) is 3.09.